The van der Waals surface area contributed by atoms with Crippen molar-refractivity contribution in [2.24, 2.45) is 0 Å². The fourth-order valence-corrected chi connectivity index (χ4v) is 1.56. The summed E-state index contributed by atoms with van der Waals surface area (Å²) in [5.74, 6) is 1.20. The summed E-state index contributed by atoms with van der Waals surface area (Å²) in [5, 5.41) is 0.255. The number of anilines is 1. The van der Waals surface area contributed by atoms with Gasteiger partial charge in [0.15, 0.2) is 0 Å². The molecule has 0 aromatic carbocycles. The van der Waals surface area contributed by atoms with E-state index in [1.54, 1.807) is 0 Å². The maximum Gasteiger partial charge on any atom is 0.224 e. The van der Waals surface area contributed by atoms with Crippen LogP contribution in [0.4, 0.5) is 5.82 Å². The molecule has 0 saturated heterocycles. The molecular formula is C9H13Cl2N3. The van der Waals surface area contributed by atoms with Crippen LogP contribution in [-0.4, -0.2) is 23.1 Å². The van der Waals surface area contributed by atoms with Crippen LogP contribution < -0.4 is 4.90 Å². The number of hydrogen-bond donors (Lipinski definition) is 0. The Balaban J connectivity index is 3.01. The minimum Gasteiger partial charge on any atom is -0.357 e. The Kier molecular flexibility index (Phi) is 4.42. The molecule has 0 atom stereocenters. The maximum absolute atomic E-state index is 5.78. The van der Waals surface area contributed by atoms with Crippen molar-refractivity contribution in [3.05, 3.63) is 17.0 Å². The van der Waals surface area contributed by atoms with Gasteiger partial charge < -0.3 is 4.90 Å². The molecule has 0 aliphatic heterocycles. The maximum atomic E-state index is 5.78. The van der Waals surface area contributed by atoms with Crippen LogP contribution in [0.3, 0.4) is 0 Å². The summed E-state index contributed by atoms with van der Waals surface area (Å²) >= 11 is 11.5. The second-order valence-corrected chi connectivity index (χ2v) is 3.40. The van der Waals surface area contributed by atoms with E-state index in [0.717, 1.165) is 24.6 Å². The van der Waals surface area contributed by atoms with Crippen LogP contribution in [0.25, 0.3) is 0 Å². The van der Waals surface area contributed by atoms with Gasteiger partial charge in [-0.15, -0.1) is 11.6 Å². The molecule has 5 heteroatoms. The molecule has 1 rings (SSSR count). The molecule has 0 amide bonds. The quantitative estimate of drug-likeness (QED) is 0.592. The number of nitrogens with zero attached hydrogens (tertiary/aromatic N) is 3. The van der Waals surface area contributed by atoms with Crippen molar-refractivity contribution in [1.29, 1.82) is 0 Å². The van der Waals surface area contributed by atoms with Crippen LogP contribution in [0.2, 0.25) is 5.28 Å². The Bertz CT molecular complexity index is 300. The van der Waals surface area contributed by atoms with E-state index in [2.05, 4.69) is 28.7 Å². The highest BCUT2D eigenvalue weighted by Crippen LogP contribution is 2.15. The van der Waals surface area contributed by atoms with Gasteiger partial charge in [-0.25, -0.2) is 9.97 Å². The van der Waals surface area contributed by atoms with E-state index < -0.39 is 0 Å². The Morgan fingerprint density at radius 1 is 1.29 bits per heavy atom. The molecule has 0 bridgehead atoms. The van der Waals surface area contributed by atoms with Gasteiger partial charge in [0, 0.05) is 19.2 Å². The lowest BCUT2D eigenvalue weighted by atomic mass is 10.4. The van der Waals surface area contributed by atoms with Gasteiger partial charge >= 0.3 is 0 Å². The summed E-state index contributed by atoms with van der Waals surface area (Å²) in [5.41, 5.74) is 0.758. The number of aromatic nitrogens is 2. The SMILES string of the molecule is CCN(CC)c1cc(CCl)nc(Cl)n1. The van der Waals surface area contributed by atoms with Crippen molar-refractivity contribution in [1.82, 2.24) is 9.97 Å². The molecule has 0 unspecified atom stereocenters. The molecule has 0 radical (unpaired) electrons. The second-order valence-electron chi connectivity index (χ2n) is 2.79. The summed E-state index contributed by atoms with van der Waals surface area (Å²) in [6.07, 6.45) is 0. The van der Waals surface area contributed by atoms with Gasteiger partial charge in [-0.3, -0.25) is 0 Å². The normalized spacial score (nSPS) is 10.3. The molecule has 0 fully saturated rings. The van der Waals surface area contributed by atoms with Crippen LogP contribution in [0.5, 0.6) is 0 Å². The molecule has 1 aromatic rings. The van der Waals surface area contributed by atoms with E-state index in [4.69, 9.17) is 23.2 Å². The number of hydrogen-bond acceptors (Lipinski definition) is 3. The molecule has 3 nitrogen and oxygen atoms in total. The molecule has 0 N–H and O–H groups in total. The Hall–Kier alpha value is -0.540. The van der Waals surface area contributed by atoms with Crippen LogP contribution in [-0.2, 0) is 5.88 Å². The largest absolute Gasteiger partial charge is 0.357 e. The van der Waals surface area contributed by atoms with E-state index >= 15 is 0 Å². The minimum atomic E-state index is 0.255. The average Bonchev–Trinajstić information content (AvgIpc) is 2.19. The molecule has 78 valence electrons. The van der Waals surface area contributed by atoms with Gasteiger partial charge in [-0.1, -0.05) is 0 Å². The topological polar surface area (TPSA) is 29.0 Å². The van der Waals surface area contributed by atoms with Crippen LogP contribution in [0.1, 0.15) is 19.5 Å². The summed E-state index contributed by atoms with van der Waals surface area (Å²) < 4.78 is 0. The average molecular weight is 234 g/mol. The van der Waals surface area contributed by atoms with Crippen molar-refractivity contribution in [2.45, 2.75) is 19.7 Å². The fourth-order valence-electron chi connectivity index (χ4n) is 1.23. The first kappa shape index (κ1) is 11.5. The Morgan fingerprint density at radius 2 is 1.93 bits per heavy atom. The van der Waals surface area contributed by atoms with E-state index in [1.807, 2.05) is 6.07 Å². The highest BCUT2D eigenvalue weighted by atomic mass is 35.5. The zero-order chi connectivity index (χ0) is 10.6. The first-order chi connectivity index (χ1) is 6.71. The van der Waals surface area contributed by atoms with Crippen LogP contribution >= 0.6 is 23.2 Å². The highest BCUT2D eigenvalue weighted by Gasteiger charge is 2.07. The van der Waals surface area contributed by atoms with E-state index in [-0.39, 0.29) is 5.28 Å². The zero-order valence-corrected chi connectivity index (χ0v) is 9.81. The standard InChI is InChI=1S/C9H13Cl2N3/c1-3-14(4-2)8-5-7(6-10)12-9(11)13-8/h5H,3-4,6H2,1-2H3. The number of halogens is 2. The predicted molar refractivity (Wildman–Crippen MR) is 60.2 cm³/mol. The lowest BCUT2D eigenvalue weighted by Gasteiger charge is -2.19. The third-order valence-electron chi connectivity index (χ3n) is 1.96. The molecule has 0 aliphatic rings. The molecular weight excluding hydrogens is 221 g/mol. The van der Waals surface area contributed by atoms with Gasteiger partial charge in [0.05, 0.1) is 11.6 Å². The highest BCUT2D eigenvalue weighted by molar-refractivity contribution is 6.28. The van der Waals surface area contributed by atoms with Gasteiger partial charge in [0.1, 0.15) is 5.82 Å². The lowest BCUT2D eigenvalue weighted by molar-refractivity contribution is 0.838. The van der Waals surface area contributed by atoms with Gasteiger partial charge in [-0.05, 0) is 25.4 Å². The van der Waals surface area contributed by atoms with E-state index in [9.17, 15) is 0 Å². The van der Waals surface area contributed by atoms with Crippen molar-refractivity contribution < 1.29 is 0 Å². The molecule has 14 heavy (non-hydrogen) atoms. The molecule has 0 spiro atoms. The summed E-state index contributed by atoms with van der Waals surface area (Å²) in [6, 6.07) is 1.87. The smallest absolute Gasteiger partial charge is 0.224 e. The molecule has 0 saturated carbocycles. The van der Waals surface area contributed by atoms with Crippen LogP contribution in [0.15, 0.2) is 6.07 Å². The van der Waals surface area contributed by atoms with Crippen molar-refractivity contribution >= 4 is 29.0 Å². The summed E-state index contributed by atoms with van der Waals surface area (Å²) in [6.45, 7) is 5.93. The zero-order valence-electron chi connectivity index (χ0n) is 8.30. The summed E-state index contributed by atoms with van der Waals surface area (Å²) in [4.78, 5) is 10.2. The van der Waals surface area contributed by atoms with E-state index in [0.29, 0.717) is 5.88 Å². The predicted octanol–water partition coefficient (Wildman–Crippen LogP) is 2.72. The van der Waals surface area contributed by atoms with Crippen molar-refractivity contribution in [3.8, 4) is 0 Å². The molecule has 0 aliphatic carbocycles. The first-order valence-corrected chi connectivity index (χ1v) is 5.46. The van der Waals surface area contributed by atoms with Gasteiger partial charge in [0.25, 0.3) is 0 Å². The third-order valence-corrected chi connectivity index (χ3v) is 2.41. The van der Waals surface area contributed by atoms with Crippen molar-refractivity contribution in [3.63, 3.8) is 0 Å². The van der Waals surface area contributed by atoms with Crippen LogP contribution in [0, 0.1) is 0 Å². The monoisotopic (exact) mass is 233 g/mol. The minimum absolute atomic E-state index is 0.255. The first-order valence-electron chi connectivity index (χ1n) is 4.55. The molecule has 1 aromatic heterocycles. The van der Waals surface area contributed by atoms with Gasteiger partial charge in [0.2, 0.25) is 5.28 Å². The lowest BCUT2D eigenvalue weighted by Crippen LogP contribution is -2.23. The summed E-state index contributed by atoms with van der Waals surface area (Å²) in [7, 11) is 0. The Labute approximate surface area is 94.1 Å². The van der Waals surface area contributed by atoms with Crippen molar-refractivity contribution in [2.75, 3.05) is 18.0 Å². The third kappa shape index (κ3) is 2.72. The van der Waals surface area contributed by atoms with E-state index in [1.165, 1.54) is 0 Å². The van der Waals surface area contributed by atoms with Gasteiger partial charge in [-0.2, -0.15) is 0 Å². The number of rotatable bonds is 4. The molecule has 1 heterocycles. The fraction of sp³-hybridized carbons (Fsp3) is 0.556. The number of alkyl halides is 1. The second kappa shape index (κ2) is 5.37. The Morgan fingerprint density at radius 3 is 2.43 bits per heavy atom.